The molecule has 2 rings (SSSR count). The topological polar surface area (TPSA) is 46.2 Å². The van der Waals surface area contributed by atoms with Crippen LogP contribution in [0, 0.1) is 0 Å². The fourth-order valence-corrected chi connectivity index (χ4v) is 4.10. The number of rotatable bonds is 5. The first-order valence-electron chi connectivity index (χ1n) is 6.09. The lowest BCUT2D eigenvalue weighted by Gasteiger charge is -2.24. The van der Waals surface area contributed by atoms with Gasteiger partial charge in [-0.3, -0.25) is 0 Å². The molecule has 1 heterocycles. The van der Waals surface area contributed by atoms with Crippen LogP contribution in [0.3, 0.4) is 0 Å². The summed E-state index contributed by atoms with van der Waals surface area (Å²) < 4.78 is 27.1. The zero-order valence-corrected chi connectivity index (χ0v) is 13.6. The first-order valence-corrected chi connectivity index (χ1v) is 8.90. The van der Waals surface area contributed by atoms with E-state index in [1.54, 1.807) is 23.5 Å². The van der Waals surface area contributed by atoms with Crippen molar-refractivity contribution < 1.29 is 8.42 Å². The summed E-state index contributed by atoms with van der Waals surface area (Å²) in [5, 5.41) is 4.43. The number of thiophene rings is 1. The van der Waals surface area contributed by atoms with E-state index in [1.165, 1.54) is 12.1 Å². The highest BCUT2D eigenvalue weighted by molar-refractivity contribution is 7.89. The maximum Gasteiger partial charge on any atom is 0.240 e. The first-order chi connectivity index (χ1) is 9.31. The monoisotopic (exact) mass is 329 g/mol. The third-order valence-corrected chi connectivity index (χ3v) is 5.43. The van der Waals surface area contributed by atoms with Crippen molar-refractivity contribution in [3.05, 3.63) is 51.7 Å². The van der Waals surface area contributed by atoms with Crippen molar-refractivity contribution in [3.8, 4) is 0 Å². The third kappa shape index (κ3) is 3.61. The van der Waals surface area contributed by atoms with Crippen LogP contribution in [0.5, 0.6) is 0 Å². The van der Waals surface area contributed by atoms with Gasteiger partial charge in [0.15, 0.2) is 0 Å². The predicted octanol–water partition coefficient (Wildman–Crippen LogP) is 3.66. The summed E-state index contributed by atoms with van der Waals surface area (Å²) in [4.78, 5) is 0.186. The van der Waals surface area contributed by atoms with Crippen LogP contribution in [-0.2, 0) is 15.4 Å². The minimum absolute atomic E-state index is 0.186. The Morgan fingerprint density at radius 1 is 1.30 bits per heavy atom. The van der Waals surface area contributed by atoms with E-state index in [-0.39, 0.29) is 10.3 Å². The molecule has 1 N–H and O–H groups in total. The van der Waals surface area contributed by atoms with E-state index in [1.807, 2.05) is 30.7 Å². The number of sulfonamides is 1. The van der Waals surface area contributed by atoms with Crippen molar-refractivity contribution in [1.29, 1.82) is 0 Å². The minimum atomic E-state index is -3.54. The van der Waals surface area contributed by atoms with Crippen LogP contribution in [-0.4, -0.2) is 15.0 Å². The smallest absolute Gasteiger partial charge is 0.210 e. The predicted molar refractivity (Wildman–Crippen MR) is 84.0 cm³/mol. The molecule has 3 nitrogen and oxygen atoms in total. The van der Waals surface area contributed by atoms with E-state index < -0.39 is 10.0 Å². The number of hydrogen-bond donors (Lipinski definition) is 1. The van der Waals surface area contributed by atoms with Gasteiger partial charge in [0.1, 0.15) is 0 Å². The van der Waals surface area contributed by atoms with E-state index in [2.05, 4.69) is 4.72 Å². The van der Waals surface area contributed by atoms with Crippen LogP contribution < -0.4 is 4.72 Å². The van der Waals surface area contributed by atoms with E-state index in [4.69, 9.17) is 11.6 Å². The van der Waals surface area contributed by atoms with Crippen LogP contribution in [0.1, 0.15) is 19.4 Å². The van der Waals surface area contributed by atoms with Gasteiger partial charge in [-0.05, 0) is 40.6 Å². The van der Waals surface area contributed by atoms with Gasteiger partial charge in [-0.1, -0.05) is 31.5 Å². The Bertz CT molecular complexity index is 679. The molecule has 0 saturated heterocycles. The lowest BCUT2D eigenvalue weighted by Crippen LogP contribution is -2.36. The average molecular weight is 330 g/mol. The molecule has 0 saturated carbocycles. The van der Waals surface area contributed by atoms with Gasteiger partial charge >= 0.3 is 0 Å². The Morgan fingerprint density at radius 2 is 2.05 bits per heavy atom. The van der Waals surface area contributed by atoms with Gasteiger partial charge in [-0.25, -0.2) is 13.1 Å². The van der Waals surface area contributed by atoms with Crippen LogP contribution in [0.15, 0.2) is 46.0 Å². The molecule has 2 aromatic rings. The van der Waals surface area contributed by atoms with Gasteiger partial charge in [-0.2, -0.15) is 11.3 Å². The molecular formula is C14H16ClNO2S2. The largest absolute Gasteiger partial charge is 0.240 e. The second-order valence-electron chi connectivity index (χ2n) is 5.18. The maximum absolute atomic E-state index is 12.2. The molecule has 1 aromatic carbocycles. The van der Waals surface area contributed by atoms with Crippen molar-refractivity contribution in [3.63, 3.8) is 0 Å². The lowest BCUT2D eigenvalue weighted by molar-refractivity contribution is 0.503. The summed E-state index contributed by atoms with van der Waals surface area (Å²) in [5.74, 6) is 0. The van der Waals surface area contributed by atoms with Crippen LogP contribution >= 0.6 is 22.9 Å². The SMILES string of the molecule is CC(C)(CNS(=O)(=O)c1cccc(Cl)c1)c1ccsc1. The molecule has 0 aliphatic rings. The van der Waals surface area contributed by atoms with Gasteiger partial charge in [0.05, 0.1) is 4.90 Å². The second-order valence-corrected chi connectivity index (χ2v) is 8.16. The molecule has 0 radical (unpaired) electrons. The van der Waals surface area contributed by atoms with Crippen molar-refractivity contribution in [1.82, 2.24) is 4.72 Å². The highest BCUT2D eigenvalue weighted by Gasteiger charge is 2.24. The van der Waals surface area contributed by atoms with E-state index in [0.717, 1.165) is 5.56 Å². The van der Waals surface area contributed by atoms with E-state index in [0.29, 0.717) is 11.6 Å². The summed E-state index contributed by atoms with van der Waals surface area (Å²) in [6, 6.07) is 8.27. The first kappa shape index (κ1) is 15.5. The van der Waals surface area contributed by atoms with Crippen molar-refractivity contribution >= 4 is 33.0 Å². The van der Waals surface area contributed by atoms with Gasteiger partial charge < -0.3 is 0 Å². The van der Waals surface area contributed by atoms with Gasteiger partial charge in [0, 0.05) is 17.0 Å². The fraction of sp³-hybridized carbons (Fsp3) is 0.286. The molecule has 0 bridgehead atoms. The third-order valence-electron chi connectivity index (χ3n) is 3.11. The summed E-state index contributed by atoms with van der Waals surface area (Å²) >= 11 is 7.43. The zero-order valence-electron chi connectivity index (χ0n) is 11.3. The Labute approximate surface area is 128 Å². The molecule has 1 aromatic heterocycles. The molecule has 0 spiro atoms. The molecule has 0 aliphatic carbocycles. The lowest BCUT2D eigenvalue weighted by atomic mass is 9.87. The Morgan fingerprint density at radius 3 is 2.65 bits per heavy atom. The minimum Gasteiger partial charge on any atom is -0.210 e. The van der Waals surface area contributed by atoms with Crippen LogP contribution in [0.2, 0.25) is 5.02 Å². The summed E-state index contributed by atoms with van der Waals surface area (Å²) in [5.41, 5.74) is 0.863. The summed E-state index contributed by atoms with van der Waals surface area (Å²) in [7, 11) is -3.54. The quantitative estimate of drug-likeness (QED) is 0.910. The highest BCUT2D eigenvalue weighted by atomic mass is 35.5. The van der Waals surface area contributed by atoms with Crippen LogP contribution in [0.4, 0.5) is 0 Å². The van der Waals surface area contributed by atoms with E-state index in [9.17, 15) is 8.42 Å². The Balaban J connectivity index is 2.14. The van der Waals surface area contributed by atoms with Crippen molar-refractivity contribution in [2.75, 3.05) is 6.54 Å². The summed E-state index contributed by atoms with van der Waals surface area (Å²) in [6.45, 7) is 4.35. The van der Waals surface area contributed by atoms with E-state index >= 15 is 0 Å². The summed E-state index contributed by atoms with van der Waals surface area (Å²) in [6.07, 6.45) is 0. The molecule has 0 fully saturated rings. The van der Waals surface area contributed by atoms with Crippen LogP contribution in [0.25, 0.3) is 0 Å². The number of benzene rings is 1. The van der Waals surface area contributed by atoms with Gasteiger partial charge in [0.2, 0.25) is 10.0 Å². The van der Waals surface area contributed by atoms with Gasteiger partial charge in [0.25, 0.3) is 0 Å². The Kier molecular flexibility index (Phi) is 4.54. The van der Waals surface area contributed by atoms with Crippen molar-refractivity contribution in [2.45, 2.75) is 24.2 Å². The second kappa shape index (κ2) is 5.85. The molecule has 0 aliphatic heterocycles. The number of hydrogen-bond acceptors (Lipinski definition) is 3. The number of nitrogens with one attached hydrogen (secondary N) is 1. The molecule has 20 heavy (non-hydrogen) atoms. The molecule has 108 valence electrons. The fourth-order valence-electron chi connectivity index (χ4n) is 1.74. The number of halogens is 1. The molecule has 0 atom stereocenters. The Hall–Kier alpha value is -0.880. The molecular weight excluding hydrogens is 314 g/mol. The van der Waals surface area contributed by atoms with Crippen molar-refractivity contribution in [2.24, 2.45) is 0 Å². The molecule has 0 unspecified atom stereocenters. The molecule has 6 heteroatoms. The average Bonchev–Trinajstić information content (AvgIpc) is 2.91. The normalized spacial score (nSPS) is 12.6. The van der Waals surface area contributed by atoms with Gasteiger partial charge in [-0.15, -0.1) is 0 Å². The zero-order chi connectivity index (χ0) is 14.8. The molecule has 0 amide bonds. The highest BCUT2D eigenvalue weighted by Crippen LogP contribution is 2.25. The maximum atomic E-state index is 12.2. The standard InChI is InChI=1S/C14H16ClNO2S2/c1-14(2,11-6-7-19-9-11)10-16-20(17,18)13-5-3-4-12(15)8-13/h3-9,16H,10H2,1-2H3.